The van der Waals surface area contributed by atoms with Crippen molar-refractivity contribution in [1.82, 2.24) is 9.80 Å². The van der Waals surface area contributed by atoms with E-state index >= 15 is 0 Å². The Balaban J connectivity index is 1.83. The highest BCUT2D eigenvalue weighted by molar-refractivity contribution is 5.48. The molecule has 0 aromatic heterocycles. The molecule has 0 spiro atoms. The molecule has 1 aromatic rings. The molecule has 1 saturated heterocycles. The molecule has 3 heteroatoms. The summed E-state index contributed by atoms with van der Waals surface area (Å²) in [5.41, 5.74) is 1.27. The van der Waals surface area contributed by atoms with Gasteiger partial charge in [-0.05, 0) is 19.7 Å². The minimum Gasteiger partial charge on any atom is -0.380 e. The largest absolute Gasteiger partial charge is 0.380 e. The van der Waals surface area contributed by atoms with Gasteiger partial charge in [0.25, 0.3) is 0 Å². The van der Waals surface area contributed by atoms with E-state index in [1.165, 1.54) is 5.56 Å². The second-order valence-corrected chi connectivity index (χ2v) is 5.78. The first-order valence-electron chi connectivity index (χ1n) is 7.40. The summed E-state index contributed by atoms with van der Waals surface area (Å²) in [6.07, 6.45) is 4.46. The summed E-state index contributed by atoms with van der Waals surface area (Å²) < 4.78 is 5.71. The predicted octanol–water partition coefficient (Wildman–Crippen LogP) is 2.21. The van der Waals surface area contributed by atoms with Gasteiger partial charge in [0.2, 0.25) is 0 Å². The molecule has 1 aliphatic rings. The average Bonchev–Trinajstić information content (AvgIpc) is 2.65. The van der Waals surface area contributed by atoms with Crippen LogP contribution >= 0.6 is 0 Å². The Labute approximate surface area is 122 Å². The number of hydrogen-bond donors (Lipinski definition) is 0. The SMILES string of the molecule is CN(C)CC1COCCN(C/C=C/c2ccccc2)C1. The van der Waals surface area contributed by atoms with Gasteiger partial charge in [-0.3, -0.25) is 4.90 Å². The zero-order chi connectivity index (χ0) is 14.2. The minimum absolute atomic E-state index is 0.609. The fraction of sp³-hybridized carbons (Fsp3) is 0.529. The lowest BCUT2D eigenvalue weighted by Gasteiger charge is -2.24. The Morgan fingerprint density at radius 1 is 1.30 bits per heavy atom. The van der Waals surface area contributed by atoms with Gasteiger partial charge in [-0.15, -0.1) is 0 Å². The lowest BCUT2D eigenvalue weighted by Crippen LogP contribution is -2.34. The second kappa shape index (κ2) is 8.20. The zero-order valence-electron chi connectivity index (χ0n) is 12.7. The van der Waals surface area contributed by atoms with Crippen LogP contribution in [-0.2, 0) is 4.74 Å². The predicted molar refractivity (Wildman–Crippen MR) is 84.8 cm³/mol. The third-order valence-electron chi connectivity index (χ3n) is 3.52. The molecule has 0 N–H and O–H groups in total. The molecule has 0 bridgehead atoms. The number of ether oxygens (including phenoxy) is 1. The minimum atomic E-state index is 0.609. The van der Waals surface area contributed by atoms with Crippen molar-refractivity contribution in [2.24, 2.45) is 5.92 Å². The summed E-state index contributed by atoms with van der Waals surface area (Å²) in [5.74, 6) is 0.609. The topological polar surface area (TPSA) is 15.7 Å². The molecule has 0 amide bonds. The lowest BCUT2D eigenvalue weighted by atomic mass is 10.1. The first-order valence-corrected chi connectivity index (χ1v) is 7.40. The summed E-state index contributed by atoms with van der Waals surface area (Å²) in [4.78, 5) is 4.73. The molecule has 0 saturated carbocycles. The van der Waals surface area contributed by atoms with Gasteiger partial charge >= 0.3 is 0 Å². The molecule has 1 aromatic carbocycles. The fourth-order valence-corrected chi connectivity index (χ4v) is 2.65. The summed E-state index contributed by atoms with van der Waals surface area (Å²) >= 11 is 0. The highest BCUT2D eigenvalue weighted by Crippen LogP contribution is 2.09. The number of rotatable bonds is 5. The fourth-order valence-electron chi connectivity index (χ4n) is 2.65. The van der Waals surface area contributed by atoms with Crippen LogP contribution in [0.4, 0.5) is 0 Å². The van der Waals surface area contributed by atoms with E-state index in [4.69, 9.17) is 4.74 Å². The number of hydrogen-bond acceptors (Lipinski definition) is 3. The molecule has 1 aliphatic heterocycles. The molecule has 110 valence electrons. The van der Waals surface area contributed by atoms with Crippen LogP contribution in [0.2, 0.25) is 0 Å². The summed E-state index contributed by atoms with van der Waals surface area (Å²) in [6, 6.07) is 10.5. The standard InChI is InChI=1S/C17H26N2O/c1-18(2)13-17-14-19(11-12-20-15-17)10-6-9-16-7-4-3-5-8-16/h3-9,17H,10-15H2,1-2H3/b9-6+. The third-order valence-corrected chi connectivity index (χ3v) is 3.52. The number of benzene rings is 1. The van der Waals surface area contributed by atoms with E-state index in [1.54, 1.807) is 0 Å². The summed E-state index contributed by atoms with van der Waals surface area (Å²) in [5, 5.41) is 0. The van der Waals surface area contributed by atoms with Crippen molar-refractivity contribution in [3.8, 4) is 0 Å². The average molecular weight is 274 g/mol. The maximum Gasteiger partial charge on any atom is 0.0593 e. The molecule has 1 fully saturated rings. The van der Waals surface area contributed by atoms with Crippen LogP contribution in [0.3, 0.4) is 0 Å². The molecule has 1 heterocycles. The molecule has 2 rings (SSSR count). The molecule has 3 nitrogen and oxygen atoms in total. The highest BCUT2D eigenvalue weighted by atomic mass is 16.5. The maximum absolute atomic E-state index is 5.71. The van der Waals surface area contributed by atoms with Gasteiger partial charge in [0.15, 0.2) is 0 Å². The third kappa shape index (κ3) is 5.45. The first kappa shape index (κ1) is 15.2. The molecule has 1 unspecified atom stereocenters. The maximum atomic E-state index is 5.71. The van der Waals surface area contributed by atoms with Gasteiger partial charge in [0, 0.05) is 32.1 Å². The molecule has 0 aliphatic carbocycles. The van der Waals surface area contributed by atoms with Crippen LogP contribution in [0.1, 0.15) is 5.56 Å². The lowest BCUT2D eigenvalue weighted by molar-refractivity contribution is 0.112. The van der Waals surface area contributed by atoms with Crippen LogP contribution < -0.4 is 0 Å². The first-order chi connectivity index (χ1) is 9.74. The molecule has 1 atom stereocenters. The van der Waals surface area contributed by atoms with Crippen molar-refractivity contribution in [3.63, 3.8) is 0 Å². The van der Waals surface area contributed by atoms with Crippen molar-refractivity contribution in [2.75, 3.05) is 53.5 Å². The normalized spacial score (nSPS) is 21.4. The van der Waals surface area contributed by atoms with E-state index in [9.17, 15) is 0 Å². The van der Waals surface area contributed by atoms with E-state index in [1.807, 2.05) is 0 Å². The van der Waals surface area contributed by atoms with Crippen LogP contribution in [0.5, 0.6) is 0 Å². The van der Waals surface area contributed by atoms with Crippen molar-refractivity contribution in [2.45, 2.75) is 0 Å². The van der Waals surface area contributed by atoms with E-state index in [0.29, 0.717) is 5.92 Å². The monoisotopic (exact) mass is 274 g/mol. The van der Waals surface area contributed by atoms with Gasteiger partial charge in [-0.1, -0.05) is 42.5 Å². The van der Waals surface area contributed by atoms with Crippen molar-refractivity contribution >= 4 is 6.08 Å². The Bertz CT molecular complexity index is 403. The Morgan fingerprint density at radius 3 is 2.85 bits per heavy atom. The Kier molecular flexibility index (Phi) is 6.25. The second-order valence-electron chi connectivity index (χ2n) is 5.78. The van der Waals surface area contributed by atoms with Gasteiger partial charge in [-0.25, -0.2) is 0 Å². The van der Waals surface area contributed by atoms with Crippen molar-refractivity contribution in [1.29, 1.82) is 0 Å². The van der Waals surface area contributed by atoms with Gasteiger partial charge in [0.05, 0.1) is 13.2 Å². The van der Waals surface area contributed by atoms with Crippen LogP contribution in [0.15, 0.2) is 36.4 Å². The van der Waals surface area contributed by atoms with Gasteiger partial charge in [-0.2, -0.15) is 0 Å². The van der Waals surface area contributed by atoms with Crippen LogP contribution in [0, 0.1) is 5.92 Å². The molecular formula is C17H26N2O. The van der Waals surface area contributed by atoms with Gasteiger partial charge < -0.3 is 9.64 Å². The van der Waals surface area contributed by atoms with E-state index < -0.39 is 0 Å². The Morgan fingerprint density at radius 2 is 2.10 bits per heavy atom. The van der Waals surface area contributed by atoms with Crippen LogP contribution in [0.25, 0.3) is 6.08 Å². The Hall–Kier alpha value is -1.16. The molecular weight excluding hydrogens is 248 g/mol. The van der Waals surface area contributed by atoms with E-state index in [0.717, 1.165) is 39.4 Å². The summed E-state index contributed by atoms with van der Waals surface area (Å²) in [7, 11) is 4.26. The zero-order valence-corrected chi connectivity index (χ0v) is 12.7. The molecule has 0 radical (unpaired) electrons. The van der Waals surface area contributed by atoms with Crippen LogP contribution in [-0.4, -0.2) is 63.3 Å². The van der Waals surface area contributed by atoms with Crippen molar-refractivity contribution in [3.05, 3.63) is 42.0 Å². The smallest absolute Gasteiger partial charge is 0.0593 e. The van der Waals surface area contributed by atoms with E-state index in [-0.39, 0.29) is 0 Å². The highest BCUT2D eigenvalue weighted by Gasteiger charge is 2.18. The van der Waals surface area contributed by atoms with Crippen molar-refractivity contribution < 1.29 is 4.74 Å². The summed E-state index contributed by atoms with van der Waals surface area (Å²) in [6.45, 7) is 5.99. The number of nitrogens with zero attached hydrogens (tertiary/aromatic N) is 2. The quantitative estimate of drug-likeness (QED) is 0.819. The molecule has 20 heavy (non-hydrogen) atoms. The van der Waals surface area contributed by atoms with E-state index in [2.05, 4.69) is 66.4 Å². The van der Waals surface area contributed by atoms with Gasteiger partial charge in [0.1, 0.15) is 0 Å².